The Morgan fingerprint density at radius 2 is 2.23 bits per heavy atom. The molecule has 0 aromatic rings. The van der Waals surface area contributed by atoms with E-state index < -0.39 is 15.2 Å². The van der Waals surface area contributed by atoms with Crippen LogP contribution in [0, 0.1) is 0 Å². The minimum Gasteiger partial charge on any atom is -0.371 e. The van der Waals surface area contributed by atoms with Crippen LogP contribution in [0.1, 0.15) is 6.92 Å². The van der Waals surface area contributed by atoms with Crippen molar-refractivity contribution in [2.75, 3.05) is 13.2 Å². The number of carbonyl (C=O) groups excluding carboxylic acids is 1. The summed E-state index contributed by atoms with van der Waals surface area (Å²) in [7, 11) is -4.13. The topological polar surface area (TPSA) is 73.0 Å². The second-order valence-electron chi connectivity index (χ2n) is 2.76. The zero-order chi connectivity index (χ0) is 10.1. The third-order valence-electron chi connectivity index (χ3n) is 1.39. The van der Waals surface area contributed by atoms with Gasteiger partial charge in [0, 0.05) is 5.57 Å². The maximum atomic E-state index is 11.0. The molecule has 1 unspecified atom stereocenters. The highest BCUT2D eigenvalue weighted by molar-refractivity contribution is 8.02. The van der Waals surface area contributed by atoms with E-state index in [0.29, 0.717) is 6.61 Å². The van der Waals surface area contributed by atoms with Crippen LogP contribution in [0.15, 0.2) is 12.2 Å². The maximum absolute atomic E-state index is 11.0. The Hall–Kier alpha value is -0.720. The summed E-state index contributed by atoms with van der Waals surface area (Å²) in [6, 6.07) is 0. The first-order chi connectivity index (χ1) is 5.93. The van der Waals surface area contributed by atoms with Gasteiger partial charge in [-0.15, -0.1) is 0 Å². The molecule has 13 heavy (non-hydrogen) atoms. The second-order valence-corrected chi connectivity index (χ2v) is 4.28. The third-order valence-corrected chi connectivity index (χ3v) is 2.64. The van der Waals surface area contributed by atoms with Crippen molar-refractivity contribution in [3.05, 3.63) is 12.2 Å². The Bertz CT molecular complexity index is 325. The van der Waals surface area contributed by atoms with Crippen LogP contribution in [0.3, 0.4) is 0 Å². The Morgan fingerprint density at radius 3 is 2.62 bits per heavy atom. The van der Waals surface area contributed by atoms with Crippen LogP contribution >= 0.6 is 0 Å². The summed E-state index contributed by atoms with van der Waals surface area (Å²) >= 11 is 0. The van der Waals surface area contributed by atoms with Crippen LogP contribution in [0.4, 0.5) is 0 Å². The molecule has 0 radical (unpaired) electrons. The molecule has 1 aliphatic rings. The minimum absolute atomic E-state index is 0.0586. The van der Waals surface area contributed by atoms with Crippen molar-refractivity contribution in [1.82, 2.24) is 0 Å². The van der Waals surface area contributed by atoms with Crippen LogP contribution in [0.25, 0.3) is 0 Å². The molecule has 74 valence electrons. The molecule has 0 saturated carbocycles. The fraction of sp³-hybridized carbons (Fsp3) is 0.571. The quantitative estimate of drug-likeness (QED) is 0.363. The predicted molar refractivity (Wildman–Crippen MR) is 44.4 cm³/mol. The lowest BCUT2D eigenvalue weighted by Crippen LogP contribution is -2.20. The SMILES string of the molecule is C=C(C)C(=O)S(=O)(=O)OCC1CO1. The molecule has 1 saturated heterocycles. The van der Waals surface area contributed by atoms with E-state index >= 15 is 0 Å². The highest BCUT2D eigenvalue weighted by Crippen LogP contribution is 2.12. The van der Waals surface area contributed by atoms with Crippen molar-refractivity contribution < 1.29 is 22.1 Å². The van der Waals surface area contributed by atoms with E-state index in [0.717, 1.165) is 0 Å². The fourth-order valence-corrected chi connectivity index (χ4v) is 1.46. The molecular weight excluding hydrogens is 196 g/mol. The summed E-state index contributed by atoms with van der Waals surface area (Å²) < 4.78 is 31.2. The van der Waals surface area contributed by atoms with Gasteiger partial charge in [0.05, 0.1) is 13.2 Å². The molecule has 1 aliphatic heterocycles. The Balaban J connectivity index is 2.53. The molecule has 0 spiro atoms. The summed E-state index contributed by atoms with van der Waals surface area (Å²) in [5.74, 6) is 0. The van der Waals surface area contributed by atoms with Gasteiger partial charge in [-0.1, -0.05) is 6.58 Å². The number of rotatable bonds is 4. The normalized spacial score (nSPS) is 21.2. The molecular formula is C7H10O5S. The van der Waals surface area contributed by atoms with Crippen molar-refractivity contribution in [3.8, 4) is 0 Å². The highest BCUT2D eigenvalue weighted by atomic mass is 32.2. The van der Waals surface area contributed by atoms with Gasteiger partial charge in [-0.25, -0.2) is 0 Å². The van der Waals surface area contributed by atoms with Crippen LogP contribution in [0.5, 0.6) is 0 Å². The first kappa shape index (κ1) is 10.4. The Morgan fingerprint density at radius 1 is 1.69 bits per heavy atom. The minimum atomic E-state index is -4.13. The lowest BCUT2D eigenvalue weighted by Gasteiger charge is -2.01. The second kappa shape index (κ2) is 3.57. The monoisotopic (exact) mass is 206 g/mol. The Labute approximate surface area is 76.5 Å². The molecule has 0 aromatic carbocycles. The van der Waals surface area contributed by atoms with Crippen LogP contribution < -0.4 is 0 Å². The van der Waals surface area contributed by atoms with Gasteiger partial charge in [0.15, 0.2) is 0 Å². The molecule has 0 aliphatic carbocycles. The molecule has 0 bridgehead atoms. The molecule has 1 fully saturated rings. The van der Waals surface area contributed by atoms with Crippen molar-refractivity contribution in [3.63, 3.8) is 0 Å². The zero-order valence-corrected chi connectivity index (χ0v) is 7.96. The highest BCUT2D eigenvalue weighted by Gasteiger charge is 2.29. The standard InChI is InChI=1S/C7H10O5S/c1-5(2)7(8)13(9,10)12-4-6-3-11-6/h6H,1,3-4H2,2H3. The first-order valence-electron chi connectivity index (χ1n) is 3.64. The van der Waals surface area contributed by atoms with Gasteiger partial charge in [-0.05, 0) is 6.92 Å². The van der Waals surface area contributed by atoms with Gasteiger partial charge in [-0.3, -0.25) is 8.98 Å². The zero-order valence-electron chi connectivity index (χ0n) is 7.15. The molecule has 0 aromatic heterocycles. The Kier molecular flexibility index (Phi) is 2.84. The van der Waals surface area contributed by atoms with Gasteiger partial charge < -0.3 is 4.74 Å². The molecule has 1 rings (SSSR count). The number of hydrogen-bond donors (Lipinski definition) is 0. The van der Waals surface area contributed by atoms with Crippen molar-refractivity contribution >= 4 is 15.2 Å². The van der Waals surface area contributed by atoms with Gasteiger partial charge in [0.1, 0.15) is 6.10 Å². The number of carbonyl (C=O) groups is 1. The summed E-state index contributed by atoms with van der Waals surface area (Å²) in [4.78, 5) is 10.9. The lowest BCUT2D eigenvalue weighted by atomic mass is 10.4. The molecule has 1 heterocycles. The third kappa shape index (κ3) is 2.91. The maximum Gasteiger partial charge on any atom is 0.335 e. The van der Waals surface area contributed by atoms with E-state index in [1.54, 1.807) is 0 Å². The van der Waals surface area contributed by atoms with Gasteiger partial charge in [-0.2, -0.15) is 8.42 Å². The van der Waals surface area contributed by atoms with Crippen LogP contribution in [-0.2, 0) is 23.8 Å². The first-order valence-corrected chi connectivity index (χ1v) is 5.05. The van der Waals surface area contributed by atoms with Crippen molar-refractivity contribution in [1.29, 1.82) is 0 Å². The average molecular weight is 206 g/mol. The van der Waals surface area contributed by atoms with E-state index in [2.05, 4.69) is 10.8 Å². The fourth-order valence-electron chi connectivity index (χ4n) is 0.597. The summed E-state index contributed by atoms with van der Waals surface area (Å²) in [6.07, 6.45) is -0.187. The number of ether oxygens (including phenoxy) is 1. The number of epoxide rings is 1. The van der Waals surface area contributed by atoms with Crippen LogP contribution in [-0.4, -0.2) is 32.9 Å². The van der Waals surface area contributed by atoms with Gasteiger partial charge in [0.25, 0.3) is 5.12 Å². The summed E-state index contributed by atoms with van der Waals surface area (Å²) in [6.45, 7) is 4.93. The average Bonchev–Trinajstić information content (AvgIpc) is 2.82. The molecule has 1 atom stereocenters. The van der Waals surface area contributed by atoms with Gasteiger partial charge >= 0.3 is 10.1 Å². The van der Waals surface area contributed by atoms with Crippen LogP contribution in [0.2, 0.25) is 0 Å². The van der Waals surface area contributed by atoms with E-state index in [1.165, 1.54) is 6.92 Å². The molecule has 5 nitrogen and oxygen atoms in total. The summed E-state index contributed by atoms with van der Waals surface area (Å²) in [5, 5.41) is -1.08. The molecule has 0 N–H and O–H groups in total. The number of hydrogen-bond acceptors (Lipinski definition) is 5. The summed E-state index contributed by atoms with van der Waals surface area (Å²) in [5.41, 5.74) is -0.0586. The smallest absolute Gasteiger partial charge is 0.335 e. The molecule has 0 amide bonds. The lowest BCUT2D eigenvalue weighted by molar-refractivity contribution is -0.109. The van der Waals surface area contributed by atoms with E-state index in [1.807, 2.05) is 0 Å². The largest absolute Gasteiger partial charge is 0.371 e. The van der Waals surface area contributed by atoms with E-state index in [-0.39, 0.29) is 18.3 Å². The van der Waals surface area contributed by atoms with Gasteiger partial charge in [0.2, 0.25) is 0 Å². The van der Waals surface area contributed by atoms with Crippen molar-refractivity contribution in [2.45, 2.75) is 13.0 Å². The van der Waals surface area contributed by atoms with E-state index in [4.69, 9.17) is 4.74 Å². The van der Waals surface area contributed by atoms with Crippen molar-refractivity contribution in [2.24, 2.45) is 0 Å². The predicted octanol–water partition coefficient (Wildman–Crippen LogP) is -0.166. The molecule has 6 heteroatoms. The van der Waals surface area contributed by atoms with E-state index in [9.17, 15) is 13.2 Å².